The average molecular weight is 1330 g/mol. The summed E-state index contributed by atoms with van der Waals surface area (Å²) in [5.74, 6) is -13.8. The highest BCUT2D eigenvalue weighted by Crippen LogP contribution is 2.20. The van der Waals surface area contributed by atoms with Crippen molar-refractivity contribution in [1.29, 1.82) is 0 Å². The fourth-order valence-electron chi connectivity index (χ4n) is 8.57. The van der Waals surface area contributed by atoms with E-state index in [-0.39, 0.29) is 75.0 Å². The molecule has 0 saturated carbocycles. The lowest BCUT2D eigenvalue weighted by molar-refractivity contribution is -0.142. The Morgan fingerprint density at radius 2 is 0.989 bits per heavy atom. The number of rotatable bonds is 44. The number of aliphatic imine (C=N–C) groups is 1. The number of unbranched alkanes of at least 4 members (excludes halogenated alkanes) is 1. The van der Waals surface area contributed by atoms with E-state index in [1.807, 2.05) is 0 Å². The minimum absolute atomic E-state index is 0.0456. The SMILES string of the molecule is CSCC[C@H](NC(=O)[C@H](CS)NC(=O)[C@H](CCC(=O)O)NC(=O)[C@H](CC(C)C)NC(=O)[C@H](CO)NC(=O)[C@H](CO)NC(=O)[C@H](CCCCN)NC(=O)[C@H](CO)NC(=O)[C@H](CS)NC(=O)[C@H](Cc1c[nH]c2ccccc12)NC(=O)[C@@H](N)CCCN=C(N)N)C(=O)O. The molecule has 0 aliphatic heterocycles. The van der Waals surface area contributed by atoms with Crippen molar-refractivity contribution in [2.45, 2.75) is 145 Å². The number of aromatic nitrogens is 1. The van der Waals surface area contributed by atoms with Gasteiger partial charge in [-0.25, -0.2) is 4.79 Å². The summed E-state index contributed by atoms with van der Waals surface area (Å²) in [7, 11) is 0. The third kappa shape index (κ3) is 27.7. The van der Waals surface area contributed by atoms with Gasteiger partial charge in [-0.3, -0.25) is 57.7 Å². The maximum atomic E-state index is 14.0. The molecule has 10 amide bonds. The van der Waals surface area contributed by atoms with Crippen molar-refractivity contribution in [2.75, 3.05) is 56.4 Å². The van der Waals surface area contributed by atoms with Crippen molar-refractivity contribution in [3.8, 4) is 0 Å². The number of nitrogens with two attached hydrogens (primary N) is 4. The number of nitrogens with one attached hydrogen (secondary N) is 11. The number of aromatic amines is 1. The van der Waals surface area contributed by atoms with Crippen LogP contribution in [-0.4, -0.2) is 230 Å². The lowest BCUT2D eigenvalue weighted by Crippen LogP contribution is -2.62. The molecule has 36 heteroatoms. The lowest BCUT2D eigenvalue weighted by Gasteiger charge is -2.27. The number of carboxylic acids is 2. The Balaban J connectivity index is 2.27. The number of fused-ring (bicyclic) bond motifs is 1. The summed E-state index contributed by atoms with van der Waals surface area (Å²) < 4.78 is 0. The van der Waals surface area contributed by atoms with E-state index in [0.29, 0.717) is 24.2 Å². The fourth-order valence-corrected chi connectivity index (χ4v) is 9.56. The number of carbonyl (C=O) groups excluding carboxylic acids is 10. The first-order chi connectivity index (χ1) is 42.7. The average Bonchev–Trinajstić information content (AvgIpc) is 1.76. The predicted molar refractivity (Wildman–Crippen MR) is 338 cm³/mol. The minimum Gasteiger partial charge on any atom is -0.481 e. The molecule has 1 aromatic carbocycles. The van der Waals surface area contributed by atoms with Gasteiger partial charge in [0.05, 0.1) is 25.9 Å². The minimum atomic E-state index is -1.88. The van der Waals surface area contributed by atoms with Gasteiger partial charge in [0.2, 0.25) is 59.1 Å². The highest BCUT2D eigenvalue weighted by molar-refractivity contribution is 7.98. The summed E-state index contributed by atoms with van der Waals surface area (Å²) in [6.45, 7) is 0.343. The van der Waals surface area contributed by atoms with E-state index in [1.165, 1.54) is 11.8 Å². The van der Waals surface area contributed by atoms with Gasteiger partial charge in [-0.1, -0.05) is 32.0 Å². The molecule has 2 rings (SSSR count). The van der Waals surface area contributed by atoms with E-state index in [0.717, 1.165) is 10.9 Å². The Kier molecular flexibility index (Phi) is 36.5. The van der Waals surface area contributed by atoms with Gasteiger partial charge in [-0.2, -0.15) is 37.0 Å². The Morgan fingerprint density at radius 1 is 0.556 bits per heavy atom. The number of H-pyrrole nitrogens is 1. The molecule has 1 heterocycles. The highest BCUT2D eigenvalue weighted by atomic mass is 32.2. The first kappa shape index (κ1) is 78.6. The van der Waals surface area contributed by atoms with Crippen LogP contribution in [-0.2, 0) is 64.0 Å². The van der Waals surface area contributed by atoms with Gasteiger partial charge in [-0.15, -0.1) is 0 Å². The Bertz CT molecular complexity index is 2760. The van der Waals surface area contributed by atoms with Gasteiger partial charge in [0.25, 0.3) is 0 Å². The summed E-state index contributed by atoms with van der Waals surface area (Å²) in [4.78, 5) is 167. The lowest BCUT2D eigenvalue weighted by atomic mass is 10.0. The van der Waals surface area contributed by atoms with Crippen LogP contribution in [0.3, 0.4) is 0 Å². The van der Waals surface area contributed by atoms with Crippen LogP contribution in [0.2, 0.25) is 0 Å². The van der Waals surface area contributed by atoms with Crippen LogP contribution in [0, 0.1) is 5.92 Å². The number of aliphatic hydroxyl groups excluding tert-OH is 3. The van der Waals surface area contributed by atoms with Crippen molar-refractivity contribution in [2.24, 2.45) is 33.8 Å². The predicted octanol–water partition coefficient (Wildman–Crippen LogP) is -6.35. The van der Waals surface area contributed by atoms with Crippen LogP contribution in [0.15, 0.2) is 35.5 Å². The van der Waals surface area contributed by atoms with Gasteiger partial charge in [0.1, 0.15) is 60.4 Å². The van der Waals surface area contributed by atoms with E-state index in [4.69, 9.17) is 22.9 Å². The second kappa shape index (κ2) is 41.7. The number of thiol groups is 2. The number of thioether (sulfide) groups is 1. The summed E-state index contributed by atoms with van der Waals surface area (Å²) in [6, 6.07) is -9.76. The normalized spacial score (nSPS) is 14.8. The van der Waals surface area contributed by atoms with Crippen LogP contribution in [0.5, 0.6) is 0 Å². The molecule has 11 atom stereocenters. The van der Waals surface area contributed by atoms with E-state index in [1.54, 1.807) is 50.6 Å². The van der Waals surface area contributed by atoms with Gasteiger partial charge in [0, 0.05) is 48.0 Å². The number of aliphatic hydroxyl groups is 3. The maximum Gasteiger partial charge on any atom is 0.326 e. The number of amides is 10. The number of nitrogens with zero attached hydrogens (tertiary/aromatic N) is 1. The van der Waals surface area contributed by atoms with Crippen LogP contribution in [0.4, 0.5) is 0 Å². The molecule has 33 nitrogen and oxygen atoms in total. The quantitative estimate of drug-likeness (QED) is 0.0127. The van der Waals surface area contributed by atoms with Crippen LogP contribution in [0.25, 0.3) is 10.9 Å². The van der Waals surface area contributed by atoms with Crippen molar-refractivity contribution >= 4 is 125 Å². The molecule has 24 N–H and O–H groups in total. The number of carbonyl (C=O) groups is 12. The second-order valence-electron chi connectivity index (χ2n) is 21.1. The Hall–Kier alpha value is -7.48. The van der Waals surface area contributed by atoms with Crippen molar-refractivity contribution in [3.63, 3.8) is 0 Å². The van der Waals surface area contributed by atoms with E-state index < -0.39 is 170 Å². The van der Waals surface area contributed by atoms with Crippen molar-refractivity contribution < 1.29 is 83.1 Å². The molecule has 1 aromatic heterocycles. The zero-order valence-corrected chi connectivity index (χ0v) is 52.8. The zero-order valence-electron chi connectivity index (χ0n) is 50.2. The summed E-state index contributed by atoms with van der Waals surface area (Å²) in [5, 5.41) is 74.4. The molecular formula is C54H88N16O17S3. The molecule has 0 spiro atoms. The molecule has 0 radical (unpaired) electrons. The monoisotopic (exact) mass is 1330 g/mol. The van der Waals surface area contributed by atoms with Crippen LogP contribution in [0.1, 0.15) is 77.2 Å². The number of carboxylic acid groups (broad SMARTS) is 2. The third-order valence-electron chi connectivity index (χ3n) is 13.5. The molecule has 0 saturated heterocycles. The van der Waals surface area contributed by atoms with Crippen LogP contribution < -0.4 is 76.1 Å². The molecule has 0 aliphatic rings. The van der Waals surface area contributed by atoms with Gasteiger partial charge < -0.3 is 107 Å². The van der Waals surface area contributed by atoms with E-state index >= 15 is 0 Å². The largest absolute Gasteiger partial charge is 0.481 e. The molecule has 0 bridgehead atoms. The third-order valence-corrected chi connectivity index (χ3v) is 14.9. The first-order valence-corrected chi connectivity index (χ1v) is 31.4. The maximum absolute atomic E-state index is 14.0. The topological polar surface area (TPSA) is 559 Å². The fraction of sp³-hybridized carbons (Fsp3) is 0.611. The van der Waals surface area contributed by atoms with Crippen molar-refractivity contribution in [1.82, 2.24) is 58.2 Å². The molecule has 2 aromatic rings. The molecule has 90 heavy (non-hydrogen) atoms. The summed E-state index contributed by atoms with van der Waals surface area (Å²) >= 11 is 9.65. The number of hydrogen-bond donors (Lipinski definition) is 22. The summed E-state index contributed by atoms with van der Waals surface area (Å²) in [5.41, 5.74) is 23.9. The number of para-hydroxylation sites is 1. The van der Waals surface area contributed by atoms with Gasteiger partial charge >= 0.3 is 11.9 Å². The number of benzene rings is 1. The summed E-state index contributed by atoms with van der Waals surface area (Å²) in [6.07, 6.45) is 2.84. The van der Waals surface area contributed by atoms with E-state index in [9.17, 15) is 83.1 Å². The van der Waals surface area contributed by atoms with Crippen molar-refractivity contribution in [3.05, 3.63) is 36.0 Å². The Morgan fingerprint density at radius 3 is 1.46 bits per heavy atom. The zero-order chi connectivity index (χ0) is 67.6. The molecule has 504 valence electrons. The molecule has 0 aliphatic carbocycles. The molecular weight excluding hydrogens is 1240 g/mol. The number of aliphatic carboxylic acids is 2. The van der Waals surface area contributed by atoms with Gasteiger partial charge in [0.15, 0.2) is 5.96 Å². The standard InChI is InChI=1S/C54H88N16O17S3/c1-27(2)19-35(46(79)62-33(13-14-42(74)75)45(78)69-40(25-88)51(84)63-34(53(86)87)15-18-90-3)65-49(82)38(23-72)67-50(83)39(24-73)66-44(77)32(12-6-7-16-55)61-48(81)37(22-71)68-52(85)41(26-89)70-47(80)36(20-28-21-60-31-11-5-4-9-29(28)31)64-43(76)30(56)10-8-17-59-54(57)58/h4-5,9,11,21,27,30,32-41,60,71-73,88-89H,6-8,10,12-20,22-26,55-56H2,1-3H3,(H,61,81)(H,62,79)(H,63,84)(H,64,76)(H,65,82)(H,66,77)(H,67,83)(H,68,85)(H,69,78)(H,70,80)(H,74,75)(H,86,87)(H4,57,58,59)/t30-,32-,33-,34-,35-,36-,37-,38-,39-,40-,41-/m0/s1. The first-order valence-electron chi connectivity index (χ1n) is 28.8. The molecule has 0 unspecified atom stereocenters. The highest BCUT2D eigenvalue weighted by Gasteiger charge is 2.36. The Labute approximate surface area is 534 Å². The van der Waals surface area contributed by atoms with E-state index in [2.05, 4.69) is 88.4 Å². The van der Waals surface area contributed by atoms with Crippen LogP contribution >= 0.6 is 37.0 Å². The number of guanidine groups is 1. The number of hydrogen-bond acceptors (Lipinski definition) is 21. The van der Waals surface area contributed by atoms with Gasteiger partial charge in [-0.05, 0) is 87.5 Å². The smallest absolute Gasteiger partial charge is 0.326 e. The molecule has 0 fully saturated rings. The second-order valence-corrected chi connectivity index (χ2v) is 22.8.